The van der Waals surface area contributed by atoms with Crippen LogP contribution in [0.2, 0.25) is 0 Å². The molecule has 0 atom stereocenters. The van der Waals surface area contributed by atoms with E-state index in [1.165, 1.54) is 4.52 Å². The minimum Gasteiger partial charge on any atom is -0.329 e. The van der Waals surface area contributed by atoms with Crippen LogP contribution in [-0.4, -0.2) is 14.2 Å². The van der Waals surface area contributed by atoms with Gasteiger partial charge in [-0.2, -0.15) is 14.9 Å². The van der Waals surface area contributed by atoms with E-state index in [-0.39, 0.29) is 5.56 Å². The summed E-state index contributed by atoms with van der Waals surface area (Å²) in [6.45, 7) is 2.42. The van der Waals surface area contributed by atoms with Gasteiger partial charge in [-0.1, -0.05) is 30.3 Å². The Balaban J connectivity index is 2.23. The van der Waals surface area contributed by atoms with Gasteiger partial charge in [0.05, 0.1) is 18.2 Å². The second kappa shape index (κ2) is 5.25. The van der Waals surface area contributed by atoms with Crippen LogP contribution in [0.25, 0.3) is 16.9 Å². The molecule has 0 bridgehead atoms. The van der Waals surface area contributed by atoms with E-state index in [1.807, 2.05) is 47.9 Å². The predicted molar refractivity (Wildman–Crippen MR) is 79.9 cm³/mol. The van der Waals surface area contributed by atoms with Gasteiger partial charge in [0.25, 0.3) is 5.56 Å². The number of rotatable bonds is 3. The molecule has 3 rings (SSSR count). The van der Waals surface area contributed by atoms with E-state index in [1.54, 1.807) is 6.07 Å². The fraction of sp³-hybridized carbons (Fsp3) is 0.188. The SMILES string of the molecule is Cc1cc(=O)n2nc(-c3ccccc3)cc2n1CCC#N. The second-order valence-electron chi connectivity index (χ2n) is 4.85. The Bertz CT molecular complexity index is 884. The van der Waals surface area contributed by atoms with E-state index in [4.69, 9.17) is 5.26 Å². The summed E-state index contributed by atoms with van der Waals surface area (Å²) in [5.41, 5.74) is 3.11. The van der Waals surface area contributed by atoms with Crippen molar-refractivity contribution in [3.05, 3.63) is 58.5 Å². The maximum Gasteiger partial charge on any atom is 0.274 e. The third-order valence-electron chi connectivity index (χ3n) is 3.45. The van der Waals surface area contributed by atoms with Crippen molar-refractivity contribution in [2.45, 2.75) is 19.9 Å². The van der Waals surface area contributed by atoms with Crippen LogP contribution in [0.5, 0.6) is 0 Å². The number of fused-ring (bicyclic) bond motifs is 1. The lowest BCUT2D eigenvalue weighted by molar-refractivity contribution is 0.681. The van der Waals surface area contributed by atoms with Gasteiger partial charge >= 0.3 is 0 Å². The molecule has 0 fully saturated rings. The molecule has 0 spiro atoms. The van der Waals surface area contributed by atoms with E-state index in [0.717, 1.165) is 17.0 Å². The van der Waals surface area contributed by atoms with Crippen molar-refractivity contribution in [1.29, 1.82) is 5.26 Å². The van der Waals surface area contributed by atoms with Crippen molar-refractivity contribution in [2.24, 2.45) is 0 Å². The van der Waals surface area contributed by atoms with E-state index in [2.05, 4.69) is 11.2 Å². The van der Waals surface area contributed by atoms with Crippen LogP contribution >= 0.6 is 0 Å². The Morgan fingerprint density at radius 3 is 2.71 bits per heavy atom. The van der Waals surface area contributed by atoms with Crippen LogP contribution in [0.15, 0.2) is 47.3 Å². The third kappa shape index (κ3) is 2.32. The first-order valence-corrected chi connectivity index (χ1v) is 6.73. The first kappa shape index (κ1) is 13.1. The fourth-order valence-electron chi connectivity index (χ4n) is 2.43. The lowest BCUT2D eigenvalue weighted by Gasteiger charge is -2.09. The molecule has 0 N–H and O–H groups in total. The van der Waals surface area contributed by atoms with Crippen LogP contribution < -0.4 is 5.56 Å². The Labute approximate surface area is 121 Å². The van der Waals surface area contributed by atoms with Crippen LogP contribution in [0.1, 0.15) is 12.1 Å². The molecule has 0 amide bonds. The van der Waals surface area contributed by atoms with E-state index in [0.29, 0.717) is 18.6 Å². The first-order chi connectivity index (χ1) is 10.2. The molecule has 1 aromatic carbocycles. The highest BCUT2D eigenvalue weighted by atomic mass is 16.1. The van der Waals surface area contributed by atoms with Crippen LogP contribution in [0.4, 0.5) is 0 Å². The molecule has 2 aromatic heterocycles. The normalized spacial score (nSPS) is 10.7. The topological polar surface area (TPSA) is 63.1 Å². The second-order valence-corrected chi connectivity index (χ2v) is 4.85. The van der Waals surface area contributed by atoms with Gasteiger partial charge in [0.15, 0.2) is 0 Å². The van der Waals surface area contributed by atoms with Gasteiger partial charge in [-0.15, -0.1) is 0 Å². The van der Waals surface area contributed by atoms with Gasteiger partial charge in [0, 0.05) is 29.9 Å². The van der Waals surface area contributed by atoms with Gasteiger partial charge in [0.1, 0.15) is 5.65 Å². The Hall–Kier alpha value is -2.87. The Kier molecular flexibility index (Phi) is 3.28. The number of aromatic nitrogens is 3. The summed E-state index contributed by atoms with van der Waals surface area (Å²) >= 11 is 0. The number of hydrogen-bond donors (Lipinski definition) is 0. The van der Waals surface area contributed by atoms with Crippen LogP contribution in [0, 0.1) is 18.3 Å². The van der Waals surface area contributed by atoms with Crippen LogP contribution in [-0.2, 0) is 6.54 Å². The average molecular weight is 278 g/mol. The van der Waals surface area contributed by atoms with Gasteiger partial charge < -0.3 is 4.57 Å². The highest BCUT2D eigenvalue weighted by Gasteiger charge is 2.11. The largest absolute Gasteiger partial charge is 0.329 e. The molecule has 0 unspecified atom stereocenters. The van der Waals surface area contributed by atoms with Crippen molar-refractivity contribution < 1.29 is 0 Å². The van der Waals surface area contributed by atoms with Crippen molar-refractivity contribution in [1.82, 2.24) is 14.2 Å². The number of hydrogen-bond acceptors (Lipinski definition) is 3. The minimum absolute atomic E-state index is 0.155. The summed E-state index contributed by atoms with van der Waals surface area (Å²) in [5, 5.41) is 13.2. The van der Waals surface area contributed by atoms with E-state index in [9.17, 15) is 4.79 Å². The molecule has 0 aliphatic carbocycles. The summed E-state index contributed by atoms with van der Waals surface area (Å²) < 4.78 is 3.34. The van der Waals surface area contributed by atoms with E-state index >= 15 is 0 Å². The van der Waals surface area contributed by atoms with Crippen molar-refractivity contribution in [3.8, 4) is 17.3 Å². The molecule has 0 saturated carbocycles. The molecule has 2 heterocycles. The van der Waals surface area contributed by atoms with Crippen molar-refractivity contribution >= 4 is 5.65 Å². The van der Waals surface area contributed by atoms with Gasteiger partial charge in [0.2, 0.25) is 0 Å². The van der Waals surface area contributed by atoms with Gasteiger partial charge in [-0.3, -0.25) is 4.79 Å². The lowest BCUT2D eigenvalue weighted by Crippen LogP contribution is -2.19. The zero-order valence-corrected chi connectivity index (χ0v) is 11.7. The first-order valence-electron chi connectivity index (χ1n) is 6.73. The zero-order chi connectivity index (χ0) is 14.8. The van der Waals surface area contributed by atoms with Crippen LogP contribution in [0.3, 0.4) is 0 Å². The third-order valence-corrected chi connectivity index (χ3v) is 3.45. The number of nitrogens with zero attached hydrogens (tertiary/aromatic N) is 4. The highest BCUT2D eigenvalue weighted by molar-refractivity contribution is 5.64. The smallest absolute Gasteiger partial charge is 0.274 e. The van der Waals surface area contributed by atoms with Crippen molar-refractivity contribution in [2.75, 3.05) is 0 Å². The number of aryl methyl sites for hydroxylation is 2. The average Bonchev–Trinajstić information content (AvgIpc) is 2.93. The fourth-order valence-corrected chi connectivity index (χ4v) is 2.43. The molecular formula is C16H14N4O. The molecular weight excluding hydrogens is 264 g/mol. The molecule has 21 heavy (non-hydrogen) atoms. The summed E-state index contributed by atoms with van der Waals surface area (Å²) in [5.74, 6) is 0. The lowest BCUT2D eigenvalue weighted by atomic mass is 10.2. The maximum absolute atomic E-state index is 12.1. The monoisotopic (exact) mass is 278 g/mol. The zero-order valence-electron chi connectivity index (χ0n) is 11.7. The summed E-state index contributed by atoms with van der Waals surface area (Å²) in [4.78, 5) is 12.1. The van der Waals surface area contributed by atoms with E-state index < -0.39 is 0 Å². The van der Waals surface area contributed by atoms with Gasteiger partial charge in [-0.25, -0.2) is 0 Å². The standard InChI is InChI=1S/C16H14N4O/c1-12-10-16(21)20-15(19(12)9-5-8-17)11-14(18-20)13-6-3-2-4-7-13/h2-4,6-7,10-11H,5,9H2,1H3. The molecule has 104 valence electrons. The molecule has 5 nitrogen and oxygen atoms in total. The molecule has 0 aliphatic rings. The Morgan fingerprint density at radius 2 is 2.00 bits per heavy atom. The Morgan fingerprint density at radius 1 is 1.24 bits per heavy atom. The summed E-state index contributed by atoms with van der Waals surface area (Å²) in [6.07, 6.45) is 0.394. The quantitative estimate of drug-likeness (QED) is 0.739. The maximum atomic E-state index is 12.1. The summed E-state index contributed by atoms with van der Waals surface area (Å²) in [6, 6.07) is 15.3. The number of nitriles is 1. The molecule has 3 aromatic rings. The number of benzene rings is 1. The predicted octanol–water partition coefficient (Wildman–Crippen LogP) is 2.39. The molecule has 0 saturated heterocycles. The summed E-state index contributed by atoms with van der Waals surface area (Å²) in [7, 11) is 0. The van der Waals surface area contributed by atoms with Gasteiger partial charge in [-0.05, 0) is 6.92 Å². The molecule has 0 aliphatic heterocycles. The molecule has 5 heteroatoms. The molecule has 0 radical (unpaired) electrons. The highest BCUT2D eigenvalue weighted by Crippen LogP contribution is 2.19. The minimum atomic E-state index is -0.155. The van der Waals surface area contributed by atoms with Crippen molar-refractivity contribution in [3.63, 3.8) is 0 Å².